The first-order valence-electron chi connectivity index (χ1n) is 16.6. The largest absolute Gasteiger partial charge is 0.361 e. The number of hydrogen-bond donors (Lipinski definition) is 1. The minimum absolute atomic E-state index is 0. The molecule has 5 aromatic heterocycles. The van der Waals surface area contributed by atoms with E-state index in [0.29, 0.717) is 17.0 Å². The van der Waals surface area contributed by atoms with Crippen LogP contribution < -0.4 is 9.80 Å². The van der Waals surface area contributed by atoms with Crippen LogP contribution in [-0.4, -0.2) is 66.1 Å². The van der Waals surface area contributed by atoms with Crippen molar-refractivity contribution in [2.24, 2.45) is 0 Å². The van der Waals surface area contributed by atoms with Gasteiger partial charge in [0.25, 0.3) is 0 Å². The molecule has 11 heteroatoms. The molecule has 2 aliphatic rings. The number of para-hydroxylation sites is 2. The second-order valence-corrected chi connectivity index (χ2v) is 13.0. The van der Waals surface area contributed by atoms with Crippen LogP contribution in [0.5, 0.6) is 0 Å². The Kier molecular flexibility index (Phi) is 8.67. The first-order chi connectivity index (χ1) is 24.7. The SMILES string of the molecule is C.Clc1nccnc1C1CN(c2ncc3ccccc3n2)C1.c1ccc2nc(N3CC(c4nccnc4-c4ccc5[nH]ccc5c4)C3)ccc2c1. The third kappa shape index (κ3) is 6.30. The summed E-state index contributed by atoms with van der Waals surface area (Å²) in [6, 6.07) is 29.0. The first kappa shape index (κ1) is 32.2. The van der Waals surface area contributed by atoms with Gasteiger partial charge in [-0.25, -0.2) is 19.9 Å². The van der Waals surface area contributed by atoms with Crippen molar-refractivity contribution in [3.63, 3.8) is 0 Å². The predicted molar refractivity (Wildman–Crippen MR) is 204 cm³/mol. The van der Waals surface area contributed by atoms with Gasteiger partial charge in [0.05, 0.1) is 28.1 Å². The van der Waals surface area contributed by atoms with E-state index in [1.54, 1.807) is 24.8 Å². The van der Waals surface area contributed by atoms with Crippen molar-refractivity contribution in [1.29, 1.82) is 0 Å². The van der Waals surface area contributed by atoms with Crippen molar-refractivity contribution in [3.05, 3.63) is 139 Å². The van der Waals surface area contributed by atoms with Crippen molar-refractivity contribution in [3.8, 4) is 11.3 Å². The summed E-state index contributed by atoms with van der Waals surface area (Å²) in [4.78, 5) is 39.3. The zero-order valence-corrected chi connectivity index (χ0v) is 27.7. The Morgan fingerprint density at radius 3 is 2.12 bits per heavy atom. The minimum atomic E-state index is 0. The second-order valence-electron chi connectivity index (χ2n) is 12.6. The van der Waals surface area contributed by atoms with Crippen molar-refractivity contribution in [2.75, 3.05) is 36.0 Å². The Labute approximate surface area is 300 Å². The van der Waals surface area contributed by atoms with Crippen LogP contribution in [0.15, 0.2) is 122 Å². The number of nitrogens with zero attached hydrogens (tertiary/aromatic N) is 9. The smallest absolute Gasteiger partial charge is 0.225 e. The Hall–Kier alpha value is -6.00. The number of pyridine rings is 1. The average Bonchev–Trinajstić information content (AvgIpc) is 3.60. The quantitative estimate of drug-likeness (QED) is 0.191. The molecule has 8 aromatic rings. The first-order valence-corrected chi connectivity index (χ1v) is 17.0. The summed E-state index contributed by atoms with van der Waals surface area (Å²) in [6.45, 7) is 3.44. The van der Waals surface area contributed by atoms with E-state index in [9.17, 15) is 0 Å². The molecule has 2 aliphatic heterocycles. The summed E-state index contributed by atoms with van der Waals surface area (Å²) >= 11 is 6.08. The standard InChI is InChI=1S/C24H19N5.C15H12ClN5.CH4/c1-2-4-21-16(3-1)6-8-22(28-21)29-14-19(15-29)24-23(26-11-12-27-24)18-5-7-20-17(13-18)9-10-25-20;16-14-13(17-5-6-18-14)11-8-21(9-11)15-19-7-10-3-1-2-4-12(10)20-15;/h1-13,19,25H,14-15H2;1-7,11H,8-9H2;1H4. The monoisotopic (exact) mass is 690 g/mol. The lowest BCUT2D eigenvalue weighted by molar-refractivity contribution is 0.502. The van der Waals surface area contributed by atoms with Crippen molar-refractivity contribution < 1.29 is 0 Å². The number of anilines is 2. The second kappa shape index (κ2) is 13.7. The van der Waals surface area contributed by atoms with Gasteiger partial charge in [-0.2, -0.15) is 0 Å². The highest BCUT2D eigenvalue weighted by Crippen LogP contribution is 2.36. The van der Waals surface area contributed by atoms with Crippen molar-refractivity contribution in [1.82, 2.24) is 39.9 Å². The number of H-pyrrole nitrogens is 1. The normalized spacial score (nSPS) is 14.5. The summed E-state index contributed by atoms with van der Waals surface area (Å²) in [5, 5.41) is 3.90. The summed E-state index contributed by atoms with van der Waals surface area (Å²) < 4.78 is 0. The van der Waals surface area contributed by atoms with Gasteiger partial charge < -0.3 is 14.8 Å². The fraction of sp³-hybridized carbons (Fsp3) is 0.175. The molecule has 51 heavy (non-hydrogen) atoms. The molecule has 0 amide bonds. The molecule has 0 saturated carbocycles. The van der Waals surface area contributed by atoms with E-state index in [2.05, 4.69) is 88.2 Å². The summed E-state index contributed by atoms with van der Waals surface area (Å²) in [6.07, 6.45) is 10.7. The zero-order chi connectivity index (χ0) is 33.4. The molecule has 1 N–H and O–H groups in total. The predicted octanol–water partition coefficient (Wildman–Crippen LogP) is 8.09. The highest BCUT2D eigenvalue weighted by atomic mass is 35.5. The van der Waals surface area contributed by atoms with Crippen molar-refractivity contribution >= 4 is 56.1 Å². The molecule has 2 saturated heterocycles. The van der Waals surface area contributed by atoms with Crippen LogP contribution in [-0.2, 0) is 0 Å². The molecule has 0 spiro atoms. The fourth-order valence-corrected chi connectivity index (χ4v) is 6.94. The third-order valence-electron chi connectivity index (χ3n) is 9.44. The van der Waals surface area contributed by atoms with Crippen molar-refractivity contribution in [2.45, 2.75) is 19.3 Å². The van der Waals surface area contributed by atoms with Gasteiger partial charge in [-0.1, -0.05) is 61.5 Å². The highest BCUT2D eigenvalue weighted by molar-refractivity contribution is 6.30. The zero-order valence-electron chi connectivity index (χ0n) is 26.9. The maximum absolute atomic E-state index is 6.08. The third-order valence-corrected chi connectivity index (χ3v) is 9.73. The van der Waals surface area contributed by atoms with E-state index in [1.807, 2.05) is 48.8 Å². The molecule has 0 radical (unpaired) electrons. The van der Waals surface area contributed by atoms with Gasteiger partial charge >= 0.3 is 0 Å². The van der Waals surface area contributed by atoms with Gasteiger partial charge in [-0.15, -0.1) is 0 Å². The number of nitrogens with one attached hydrogen (secondary N) is 1. The summed E-state index contributed by atoms with van der Waals surface area (Å²) in [7, 11) is 0. The molecular formula is C40H35ClN10. The van der Waals surface area contributed by atoms with E-state index < -0.39 is 0 Å². The highest BCUT2D eigenvalue weighted by Gasteiger charge is 2.34. The van der Waals surface area contributed by atoms with E-state index in [0.717, 1.165) is 82.5 Å². The average molecular weight is 691 g/mol. The maximum Gasteiger partial charge on any atom is 0.225 e. The number of aromatic amines is 1. The Morgan fingerprint density at radius 1 is 0.608 bits per heavy atom. The van der Waals surface area contributed by atoms with Crippen LogP contribution in [0.2, 0.25) is 5.15 Å². The summed E-state index contributed by atoms with van der Waals surface area (Å²) in [5.74, 6) is 2.43. The lowest BCUT2D eigenvalue weighted by atomic mass is 9.92. The van der Waals surface area contributed by atoms with Gasteiger partial charge in [-0.3, -0.25) is 15.0 Å². The Morgan fingerprint density at radius 2 is 1.29 bits per heavy atom. The van der Waals surface area contributed by atoms with Gasteiger partial charge in [0.15, 0.2) is 5.15 Å². The van der Waals surface area contributed by atoms with E-state index in [4.69, 9.17) is 21.6 Å². The van der Waals surface area contributed by atoms with Crippen LogP contribution in [0.3, 0.4) is 0 Å². The molecule has 0 bridgehead atoms. The molecule has 0 unspecified atom stereocenters. The van der Waals surface area contributed by atoms with E-state index in [-0.39, 0.29) is 7.43 Å². The van der Waals surface area contributed by atoms with Gasteiger partial charge in [0.2, 0.25) is 5.95 Å². The molecule has 10 nitrogen and oxygen atoms in total. The lowest BCUT2D eigenvalue weighted by Gasteiger charge is -2.40. The topological polar surface area (TPSA) is 112 Å². The molecule has 0 aliphatic carbocycles. The molecule has 7 heterocycles. The Bertz CT molecular complexity index is 2470. The van der Waals surface area contributed by atoms with Crippen LogP contribution in [0.4, 0.5) is 11.8 Å². The van der Waals surface area contributed by atoms with Crippen LogP contribution >= 0.6 is 11.6 Å². The van der Waals surface area contributed by atoms with Crippen LogP contribution in [0, 0.1) is 0 Å². The van der Waals surface area contributed by atoms with Gasteiger partial charge in [0, 0.05) is 102 Å². The number of benzene rings is 3. The minimum Gasteiger partial charge on any atom is -0.361 e. The molecule has 3 aromatic carbocycles. The number of rotatable bonds is 5. The number of hydrogen-bond acceptors (Lipinski definition) is 9. The number of halogens is 1. The van der Waals surface area contributed by atoms with Crippen LogP contribution in [0.25, 0.3) is 44.0 Å². The number of fused-ring (bicyclic) bond motifs is 3. The molecule has 0 atom stereocenters. The Balaban J connectivity index is 0.000000151. The van der Waals surface area contributed by atoms with Gasteiger partial charge in [-0.05, 0) is 42.5 Å². The van der Waals surface area contributed by atoms with E-state index >= 15 is 0 Å². The fourth-order valence-electron chi connectivity index (χ4n) is 6.68. The van der Waals surface area contributed by atoms with Gasteiger partial charge in [0.1, 0.15) is 5.82 Å². The number of aromatic nitrogens is 8. The maximum atomic E-state index is 6.08. The lowest BCUT2D eigenvalue weighted by Crippen LogP contribution is -2.46. The van der Waals surface area contributed by atoms with Crippen LogP contribution in [0.1, 0.15) is 30.7 Å². The molecule has 252 valence electrons. The molecule has 10 rings (SSSR count). The molecule has 2 fully saturated rings. The summed E-state index contributed by atoms with van der Waals surface area (Å²) in [5.41, 5.74) is 7.15. The molecular weight excluding hydrogens is 656 g/mol. The van der Waals surface area contributed by atoms with E-state index in [1.165, 1.54) is 10.8 Å².